The third-order valence-corrected chi connectivity index (χ3v) is 4.38. The number of aromatic nitrogens is 6. The Morgan fingerprint density at radius 3 is 2.85 bits per heavy atom. The Morgan fingerprint density at radius 2 is 2.04 bits per heavy atom. The molecular weight excluding hydrogens is 326 g/mol. The van der Waals surface area contributed by atoms with Gasteiger partial charge in [-0.1, -0.05) is 18.2 Å². The first-order chi connectivity index (χ1) is 12.8. The van der Waals surface area contributed by atoms with Crippen LogP contribution in [0, 0.1) is 0 Å². The van der Waals surface area contributed by atoms with E-state index in [2.05, 4.69) is 25.3 Å². The minimum absolute atomic E-state index is 0.423. The molecule has 126 valence electrons. The van der Waals surface area contributed by atoms with E-state index in [1.807, 2.05) is 53.3 Å². The molecule has 3 N–H and O–H groups in total. The van der Waals surface area contributed by atoms with Crippen LogP contribution in [0.25, 0.3) is 33.1 Å². The van der Waals surface area contributed by atoms with E-state index in [1.165, 1.54) is 0 Å². The molecule has 5 rings (SSSR count). The number of hydrogen-bond acceptors (Lipinski definition) is 5. The number of aromatic amines is 1. The van der Waals surface area contributed by atoms with Crippen molar-refractivity contribution in [2.24, 2.45) is 0 Å². The van der Waals surface area contributed by atoms with Crippen LogP contribution in [0.4, 0.5) is 5.82 Å². The molecule has 5 aromatic rings. The number of fused-ring (bicyclic) bond motifs is 3. The van der Waals surface area contributed by atoms with Crippen molar-refractivity contribution in [3.05, 3.63) is 66.7 Å². The van der Waals surface area contributed by atoms with Crippen molar-refractivity contribution in [2.45, 2.75) is 6.54 Å². The Balaban J connectivity index is 1.65. The lowest BCUT2D eigenvalue weighted by atomic mass is 10.1. The predicted molar refractivity (Wildman–Crippen MR) is 100 cm³/mol. The molecule has 0 atom stereocenters. The number of H-pyrrole nitrogens is 1. The van der Waals surface area contributed by atoms with E-state index in [0.29, 0.717) is 17.9 Å². The van der Waals surface area contributed by atoms with Crippen molar-refractivity contribution in [3.63, 3.8) is 0 Å². The summed E-state index contributed by atoms with van der Waals surface area (Å²) in [5.41, 5.74) is 10.5. The zero-order valence-corrected chi connectivity index (χ0v) is 13.8. The van der Waals surface area contributed by atoms with Gasteiger partial charge in [-0.25, -0.2) is 4.98 Å². The minimum atomic E-state index is 0.423. The Hall–Kier alpha value is -3.74. The second kappa shape index (κ2) is 5.66. The molecule has 0 aliphatic heterocycles. The zero-order chi connectivity index (χ0) is 17.5. The molecule has 0 aliphatic rings. The molecule has 0 radical (unpaired) electrons. The summed E-state index contributed by atoms with van der Waals surface area (Å²) in [5.74, 6) is 0.423. The molecule has 7 heteroatoms. The highest BCUT2D eigenvalue weighted by molar-refractivity contribution is 6.08. The van der Waals surface area contributed by atoms with Gasteiger partial charge in [-0.15, -0.1) is 0 Å². The highest BCUT2D eigenvalue weighted by atomic mass is 15.3. The van der Waals surface area contributed by atoms with Crippen LogP contribution in [0.15, 0.2) is 61.1 Å². The van der Waals surface area contributed by atoms with Crippen LogP contribution in [0.1, 0.15) is 5.69 Å². The summed E-state index contributed by atoms with van der Waals surface area (Å²) in [4.78, 5) is 8.89. The molecule has 1 aromatic carbocycles. The number of nitrogens with two attached hydrogens (primary N) is 1. The summed E-state index contributed by atoms with van der Waals surface area (Å²) in [6, 6.07) is 13.8. The van der Waals surface area contributed by atoms with E-state index in [1.54, 1.807) is 12.4 Å². The average molecular weight is 341 g/mol. The molecule has 4 aromatic heterocycles. The third-order valence-electron chi connectivity index (χ3n) is 4.38. The monoisotopic (exact) mass is 341 g/mol. The van der Waals surface area contributed by atoms with Gasteiger partial charge in [-0.3, -0.25) is 14.8 Å². The van der Waals surface area contributed by atoms with Gasteiger partial charge in [-0.05, 0) is 24.3 Å². The SMILES string of the molecule is Nc1nc2cc(-c3cc[nH]n3)ccc2c2cn(Cc3ccccn3)nc12. The summed E-state index contributed by atoms with van der Waals surface area (Å²) in [6.07, 6.45) is 5.57. The number of hydrogen-bond donors (Lipinski definition) is 2. The number of benzene rings is 1. The maximum atomic E-state index is 6.17. The fourth-order valence-electron chi connectivity index (χ4n) is 3.16. The lowest BCUT2D eigenvalue weighted by Gasteiger charge is -2.03. The van der Waals surface area contributed by atoms with Crippen molar-refractivity contribution in [1.82, 2.24) is 29.9 Å². The first-order valence-corrected chi connectivity index (χ1v) is 8.24. The molecular formula is C19H15N7. The lowest BCUT2D eigenvalue weighted by molar-refractivity contribution is 0.681. The Bertz CT molecular complexity index is 1210. The summed E-state index contributed by atoms with van der Waals surface area (Å²) in [6.45, 7) is 0.585. The maximum Gasteiger partial charge on any atom is 0.152 e. The molecule has 0 spiro atoms. The Kier molecular flexibility index (Phi) is 3.18. The first kappa shape index (κ1) is 14.6. The molecule has 0 unspecified atom stereocenters. The smallest absolute Gasteiger partial charge is 0.152 e. The minimum Gasteiger partial charge on any atom is -0.382 e. The largest absolute Gasteiger partial charge is 0.382 e. The lowest BCUT2D eigenvalue weighted by Crippen LogP contribution is -2.01. The van der Waals surface area contributed by atoms with E-state index >= 15 is 0 Å². The second-order valence-corrected chi connectivity index (χ2v) is 6.10. The number of rotatable bonds is 3. The molecule has 7 nitrogen and oxygen atoms in total. The van der Waals surface area contributed by atoms with Crippen LogP contribution in [0.2, 0.25) is 0 Å². The second-order valence-electron chi connectivity index (χ2n) is 6.10. The van der Waals surface area contributed by atoms with Crippen molar-refractivity contribution >= 4 is 27.6 Å². The van der Waals surface area contributed by atoms with Crippen LogP contribution < -0.4 is 5.73 Å². The molecule has 0 aliphatic carbocycles. The molecule has 4 heterocycles. The standard InChI is InChI=1S/C19H15N7/c20-19-18-15(11-26(25-18)10-13-3-1-2-7-21-13)14-5-4-12(9-17(14)23-19)16-6-8-22-24-16/h1-9,11H,10H2,(H2,20,23)(H,22,24). The fourth-order valence-corrected chi connectivity index (χ4v) is 3.16. The van der Waals surface area contributed by atoms with Crippen LogP contribution in [-0.4, -0.2) is 29.9 Å². The molecule has 0 bridgehead atoms. The van der Waals surface area contributed by atoms with Gasteiger partial charge < -0.3 is 5.73 Å². The molecule has 26 heavy (non-hydrogen) atoms. The van der Waals surface area contributed by atoms with Crippen LogP contribution in [-0.2, 0) is 6.54 Å². The van der Waals surface area contributed by atoms with Gasteiger partial charge in [-0.2, -0.15) is 10.2 Å². The number of nitrogen functional groups attached to an aromatic ring is 1. The van der Waals surface area contributed by atoms with Crippen molar-refractivity contribution in [3.8, 4) is 11.3 Å². The molecule has 0 saturated carbocycles. The highest BCUT2D eigenvalue weighted by Gasteiger charge is 2.12. The van der Waals surface area contributed by atoms with E-state index in [9.17, 15) is 0 Å². The van der Waals surface area contributed by atoms with Crippen molar-refractivity contribution < 1.29 is 0 Å². The van der Waals surface area contributed by atoms with Crippen molar-refractivity contribution in [2.75, 3.05) is 5.73 Å². The summed E-state index contributed by atoms with van der Waals surface area (Å²) >= 11 is 0. The number of nitrogens with one attached hydrogen (secondary N) is 1. The summed E-state index contributed by atoms with van der Waals surface area (Å²) in [7, 11) is 0. The summed E-state index contributed by atoms with van der Waals surface area (Å²) in [5, 5.41) is 13.7. The van der Waals surface area contributed by atoms with Gasteiger partial charge in [0, 0.05) is 34.9 Å². The Morgan fingerprint density at radius 1 is 1.08 bits per heavy atom. The quantitative estimate of drug-likeness (QED) is 0.526. The van der Waals surface area contributed by atoms with Crippen LogP contribution >= 0.6 is 0 Å². The van der Waals surface area contributed by atoms with Gasteiger partial charge in [0.15, 0.2) is 5.82 Å². The van der Waals surface area contributed by atoms with E-state index in [-0.39, 0.29) is 0 Å². The molecule has 0 amide bonds. The van der Waals surface area contributed by atoms with Gasteiger partial charge in [0.25, 0.3) is 0 Å². The maximum absolute atomic E-state index is 6.17. The van der Waals surface area contributed by atoms with Gasteiger partial charge in [0.05, 0.1) is 23.4 Å². The first-order valence-electron chi connectivity index (χ1n) is 8.24. The average Bonchev–Trinajstić information content (AvgIpc) is 3.32. The van der Waals surface area contributed by atoms with E-state index in [0.717, 1.165) is 33.2 Å². The number of pyridine rings is 2. The number of nitrogens with zero attached hydrogens (tertiary/aromatic N) is 5. The van der Waals surface area contributed by atoms with Gasteiger partial charge in [0.1, 0.15) is 5.52 Å². The van der Waals surface area contributed by atoms with Crippen molar-refractivity contribution in [1.29, 1.82) is 0 Å². The van der Waals surface area contributed by atoms with Crippen LogP contribution in [0.3, 0.4) is 0 Å². The fraction of sp³-hybridized carbons (Fsp3) is 0.0526. The third kappa shape index (κ3) is 2.37. The topological polar surface area (TPSA) is 98.3 Å². The molecule has 0 saturated heterocycles. The predicted octanol–water partition coefficient (Wildman–Crippen LogP) is 3.00. The molecule has 0 fully saturated rings. The highest BCUT2D eigenvalue weighted by Crippen LogP contribution is 2.30. The Labute approximate surface area is 148 Å². The van der Waals surface area contributed by atoms with Gasteiger partial charge in [0.2, 0.25) is 0 Å². The summed E-state index contributed by atoms with van der Waals surface area (Å²) < 4.78 is 1.85. The normalized spacial score (nSPS) is 11.4. The van der Waals surface area contributed by atoms with E-state index in [4.69, 9.17) is 5.73 Å². The number of anilines is 1. The zero-order valence-electron chi connectivity index (χ0n) is 13.8. The van der Waals surface area contributed by atoms with Gasteiger partial charge >= 0.3 is 0 Å². The van der Waals surface area contributed by atoms with Crippen LogP contribution in [0.5, 0.6) is 0 Å². The van der Waals surface area contributed by atoms with E-state index < -0.39 is 0 Å².